The Bertz CT molecular complexity index is 577. The molecule has 1 atom stereocenters. The van der Waals surface area contributed by atoms with Crippen LogP contribution in [0.4, 0.5) is 0 Å². The Morgan fingerprint density at radius 2 is 2.05 bits per heavy atom. The van der Waals surface area contributed by atoms with Crippen molar-refractivity contribution in [2.24, 2.45) is 5.92 Å². The molecule has 0 amide bonds. The van der Waals surface area contributed by atoms with Gasteiger partial charge < -0.3 is 5.32 Å². The second-order valence-electron chi connectivity index (χ2n) is 6.05. The highest BCUT2D eigenvalue weighted by Crippen LogP contribution is 2.40. The number of hydrogen-bond acceptors (Lipinski definition) is 5. The van der Waals surface area contributed by atoms with Gasteiger partial charge in [0, 0.05) is 17.9 Å². The Morgan fingerprint density at radius 1 is 1.26 bits per heavy atom. The van der Waals surface area contributed by atoms with Crippen molar-refractivity contribution in [1.82, 2.24) is 25.1 Å². The minimum absolute atomic E-state index is 0.166. The van der Waals surface area contributed by atoms with Crippen molar-refractivity contribution >= 4 is 16.3 Å². The van der Waals surface area contributed by atoms with Gasteiger partial charge in [-0.15, -0.1) is 10.2 Å². The van der Waals surface area contributed by atoms with E-state index in [1.165, 1.54) is 5.01 Å². The van der Waals surface area contributed by atoms with E-state index in [-0.39, 0.29) is 5.41 Å². The van der Waals surface area contributed by atoms with Crippen molar-refractivity contribution < 1.29 is 0 Å². The molecule has 3 heterocycles. The van der Waals surface area contributed by atoms with Gasteiger partial charge >= 0.3 is 0 Å². The first-order valence-corrected chi connectivity index (χ1v) is 7.79. The Hall–Kier alpha value is -1.01. The molecule has 5 nitrogen and oxygen atoms in total. The van der Waals surface area contributed by atoms with E-state index in [2.05, 4.69) is 43.2 Å². The lowest BCUT2D eigenvalue weighted by atomic mass is 9.77. The third-order valence-corrected chi connectivity index (χ3v) is 5.37. The van der Waals surface area contributed by atoms with Gasteiger partial charge in [0.2, 0.25) is 4.96 Å². The van der Waals surface area contributed by atoms with Crippen LogP contribution in [0.3, 0.4) is 0 Å². The molecular weight excluding hydrogens is 258 g/mol. The molecule has 2 aromatic rings. The van der Waals surface area contributed by atoms with E-state index in [0.29, 0.717) is 11.8 Å². The largest absolute Gasteiger partial charge is 0.316 e. The van der Waals surface area contributed by atoms with Crippen LogP contribution in [0.5, 0.6) is 0 Å². The molecular formula is C13H21N5S. The van der Waals surface area contributed by atoms with Crippen molar-refractivity contribution in [3.05, 3.63) is 10.8 Å². The van der Waals surface area contributed by atoms with Crippen molar-refractivity contribution in [2.75, 3.05) is 13.1 Å². The third kappa shape index (κ3) is 1.89. The lowest BCUT2D eigenvalue weighted by molar-refractivity contribution is 0.332. The monoisotopic (exact) mass is 279 g/mol. The predicted octanol–water partition coefficient (Wildman–Crippen LogP) is 2.20. The highest BCUT2D eigenvalue weighted by Gasteiger charge is 2.42. The molecule has 1 fully saturated rings. The zero-order valence-electron chi connectivity index (χ0n) is 12.0. The van der Waals surface area contributed by atoms with Gasteiger partial charge in [-0.3, -0.25) is 0 Å². The van der Waals surface area contributed by atoms with Crippen molar-refractivity contribution in [3.63, 3.8) is 0 Å². The first kappa shape index (κ1) is 13.0. The van der Waals surface area contributed by atoms with E-state index in [4.69, 9.17) is 5.10 Å². The Balaban J connectivity index is 2.10. The summed E-state index contributed by atoms with van der Waals surface area (Å²) >= 11 is 1.70. The molecule has 0 aromatic carbocycles. The van der Waals surface area contributed by atoms with E-state index in [1.807, 2.05) is 4.52 Å². The predicted molar refractivity (Wildman–Crippen MR) is 76.8 cm³/mol. The molecule has 19 heavy (non-hydrogen) atoms. The SMILES string of the molecule is CC(C)c1nnc2sc(C3(C(C)C)CCNC3)nn12. The summed E-state index contributed by atoms with van der Waals surface area (Å²) < 4.78 is 1.94. The fourth-order valence-corrected chi connectivity index (χ4v) is 4.04. The summed E-state index contributed by atoms with van der Waals surface area (Å²) in [6, 6.07) is 0. The topological polar surface area (TPSA) is 55.1 Å². The summed E-state index contributed by atoms with van der Waals surface area (Å²) in [6.45, 7) is 10.9. The van der Waals surface area contributed by atoms with Gasteiger partial charge in [-0.05, 0) is 18.9 Å². The Labute approximate surface area is 117 Å². The maximum Gasteiger partial charge on any atom is 0.234 e. The first-order valence-electron chi connectivity index (χ1n) is 6.98. The summed E-state index contributed by atoms with van der Waals surface area (Å²) in [6.07, 6.45) is 1.16. The van der Waals surface area contributed by atoms with Crippen molar-refractivity contribution in [2.45, 2.75) is 45.4 Å². The molecule has 1 saturated heterocycles. The second kappa shape index (κ2) is 4.52. The zero-order chi connectivity index (χ0) is 13.6. The van der Waals surface area contributed by atoms with Crippen LogP contribution in [0.1, 0.15) is 50.9 Å². The standard InChI is InChI=1S/C13H21N5S/c1-8(2)10-15-16-12-18(10)17-11(19-12)13(9(3)4)5-6-14-7-13/h8-9,14H,5-7H2,1-4H3. The summed E-state index contributed by atoms with van der Waals surface area (Å²) in [4.78, 5) is 0.922. The quantitative estimate of drug-likeness (QED) is 0.936. The van der Waals surface area contributed by atoms with Crippen LogP contribution in [0.25, 0.3) is 4.96 Å². The lowest BCUT2D eigenvalue weighted by Crippen LogP contribution is -2.34. The van der Waals surface area contributed by atoms with E-state index >= 15 is 0 Å². The Kier molecular flexibility index (Phi) is 3.09. The summed E-state index contributed by atoms with van der Waals surface area (Å²) in [5, 5.41) is 18.0. The normalized spacial score (nSPS) is 24.1. The van der Waals surface area contributed by atoms with Gasteiger partial charge in [0.25, 0.3) is 0 Å². The molecule has 0 saturated carbocycles. The molecule has 1 unspecified atom stereocenters. The van der Waals surface area contributed by atoms with Gasteiger partial charge in [-0.2, -0.15) is 9.61 Å². The van der Waals surface area contributed by atoms with Gasteiger partial charge in [0.05, 0.1) is 0 Å². The van der Waals surface area contributed by atoms with Gasteiger partial charge in [0.15, 0.2) is 5.82 Å². The van der Waals surface area contributed by atoms with Crippen molar-refractivity contribution in [1.29, 1.82) is 0 Å². The van der Waals surface area contributed by atoms with Crippen molar-refractivity contribution in [3.8, 4) is 0 Å². The summed E-state index contributed by atoms with van der Waals surface area (Å²) in [7, 11) is 0. The Morgan fingerprint density at radius 3 is 2.63 bits per heavy atom. The number of rotatable bonds is 3. The van der Waals surface area contributed by atoms with Crippen LogP contribution >= 0.6 is 11.3 Å². The highest BCUT2D eigenvalue weighted by atomic mass is 32.1. The van der Waals surface area contributed by atoms with Crippen LogP contribution in [0.2, 0.25) is 0 Å². The van der Waals surface area contributed by atoms with Crippen LogP contribution in [-0.2, 0) is 5.41 Å². The minimum Gasteiger partial charge on any atom is -0.316 e. The molecule has 104 valence electrons. The average molecular weight is 279 g/mol. The van der Waals surface area contributed by atoms with E-state index in [0.717, 1.165) is 30.3 Å². The molecule has 1 N–H and O–H groups in total. The molecule has 0 radical (unpaired) electrons. The van der Waals surface area contributed by atoms with E-state index < -0.39 is 0 Å². The zero-order valence-corrected chi connectivity index (χ0v) is 12.8. The number of fused-ring (bicyclic) bond motifs is 1. The average Bonchev–Trinajstić information content (AvgIpc) is 3.03. The number of hydrogen-bond donors (Lipinski definition) is 1. The molecule has 2 aromatic heterocycles. The van der Waals surface area contributed by atoms with E-state index in [1.54, 1.807) is 11.3 Å². The molecule has 3 rings (SSSR count). The molecule has 1 aliphatic heterocycles. The van der Waals surface area contributed by atoms with Crippen LogP contribution in [0, 0.1) is 5.92 Å². The number of nitrogens with zero attached hydrogens (tertiary/aromatic N) is 4. The molecule has 0 bridgehead atoms. The first-order chi connectivity index (χ1) is 9.04. The molecule has 0 spiro atoms. The maximum absolute atomic E-state index is 4.84. The van der Waals surface area contributed by atoms with Gasteiger partial charge in [0.1, 0.15) is 5.01 Å². The number of aromatic nitrogens is 4. The van der Waals surface area contributed by atoms with Gasteiger partial charge in [-0.25, -0.2) is 0 Å². The maximum atomic E-state index is 4.84. The van der Waals surface area contributed by atoms with Crippen LogP contribution in [0.15, 0.2) is 0 Å². The van der Waals surface area contributed by atoms with Crippen LogP contribution in [-0.4, -0.2) is 32.9 Å². The molecule has 1 aliphatic rings. The minimum atomic E-state index is 0.166. The summed E-state index contributed by atoms with van der Waals surface area (Å²) in [5.41, 5.74) is 0.166. The number of nitrogens with one attached hydrogen (secondary N) is 1. The molecule has 6 heteroatoms. The molecule has 0 aliphatic carbocycles. The summed E-state index contributed by atoms with van der Waals surface area (Å²) in [5.74, 6) is 1.89. The second-order valence-corrected chi connectivity index (χ2v) is 7.01. The fraction of sp³-hybridized carbons (Fsp3) is 0.769. The van der Waals surface area contributed by atoms with E-state index in [9.17, 15) is 0 Å². The lowest BCUT2D eigenvalue weighted by Gasteiger charge is -2.29. The van der Waals surface area contributed by atoms with Gasteiger partial charge in [-0.1, -0.05) is 39.0 Å². The van der Waals surface area contributed by atoms with Crippen LogP contribution < -0.4 is 5.32 Å². The fourth-order valence-electron chi connectivity index (χ4n) is 2.83. The highest BCUT2D eigenvalue weighted by molar-refractivity contribution is 7.16. The third-order valence-electron chi connectivity index (χ3n) is 4.25. The smallest absolute Gasteiger partial charge is 0.234 e.